The zero-order valence-electron chi connectivity index (χ0n) is 14.5. The van der Waals surface area contributed by atoms with Gasteiger partial charge in [-0.25, -0.2) is 0 Å². The second kappa shape index (κ2) is 7.05. The van der Waals surface area contributed by atoms with Gasteiger partial charge in [-0.3, -0.25) is 14.6 Å². The number of nitrogens with two attached hydrogens (primary N) is 1. The number of ether oxygens (including phenoxy) is 1. The van der Waals surface area contributed by atoms with E-state index in [1.54, 1.807) is 0 Å². The van der Waals surface area contributed by atoms with Gasteiger partial charge in [0.25, 0.3) is 5.91 Å². The molecule has 0 aromatic carbocycles. The summed E-state index contributed by atoms with van der Waals surface area (Å²) >= 11 is 0. The molecule has 2 saturated heterocycles. The number of aliphatic imine (C=N–C) groups is 1. The quantitative estimate of drug-likeness (QED) is 0.792. The molecule has 6 heteroatoms. The lowest BCUT2D eigenvalue weighted by atomic mass is 9.78. The van der Waals surface area contributed by atoms with E-state index in [0.717, 1.165) is 76.1 Å². The number of Topliss-reactive ketones (excluding diaryl/α,β-unsaturated/α-hetero) is 1. The van der Waals surface area contributed by atoms with Crippen molar-refractivity contribution in [2.24, 2.45) is 16.1 Å². The van der Waals surface area contributed by atoms with Crippen LogP contribution in [0.1, 0.15) is 45.4 Å². The first-order valence-corrected chi connectivity index (χ1v) is 8.90. The number of hydrogen-bond donors (Lipinski definition) is 1. The van der Waals surface area contributed by atoms with Crippen molar-refractivity contribution in [2.45, 2.75) is 45.4 Å². The molecule has 1 amide bonds. The van der Waals surface area contributed by atoms with Crippen LogP contribution in [-0.4, -0.2) is 55.2 Å². The highest BCUT2D eigenvalue weighted by Crippen LogP contribution is 2.39. The zero-order valence-corrected chi connectivity index (χ0v) is 14.5. The summed E-state index contributed by atoms with van der Waals surface area (Å²) in [4.78, 5) is 30.1. The lowest BCUT2D eigenvalue weighted by Crippen LogP contribution is -2.45. The van der Waals surface area contributed by atoms with Gasteiger partial charge in [0.2, 0.25) is 0 Å². The maximum absolute atomic E-state index is 12.8. The van der Waals surface area contributed by atoms with Crippen LogP contribution in [0.5, 0.6) is 0 Å². The Balaban J connectivity index is 1.67. The molecule has 24 heavy (non-hydrogen) atoms. The molecule has 3 aliphatic rings. The molecule has 0 radical (unpaired) electrons. The van der Waals surface area contributed by atoms with Gasteiger partial charge in [-0.05, 0) is 50.9 Å². The maximum atomic E-state index is 12.8. The molecule has 6 nitrogen and oxygen atoms in total. The van der Waals surface area contributed by atoms with Crippen LogP contribution < -0.4 is 5.73 Å². The van der Waals surface area contributed by atoms with E-state index in [-0.39, 0.29) is 23.7 Å². The van der Waals surface area contributed by atoms with Crippen molar-refractivity contribution in [3.05, 3.63) is 11.3 Å². The van der Waals surface area contributed by atoms with Crippen LogP contribution in [0.25, 0.3) is 0 Å². The molecule has 0 unspecified atom stereocenters. The van der Waals surface area contributed by atoms with Crippen LogP contribution in [0.2, 0.25) is 0 Å². The molecule has 3 fully saturated rings. The molecule has 132 valence electrons. The van der Waals surface area contributed by atoms with Gasteiger partial charge in [-0.1, -0.05) is 0 Å². The number of nitrogens with zero attached hydrogens (tertiary/aromatic N) is 2. The third-order valence-corrected chi connectivity index (χ3v) is 5.53. The van der Waals surface area contributed by atoms with E-state index in [1.165, 1.54) is 6.92 Å². The van der Waals surface area contributed by atoms with E-state index < -0.39 is 0 Å². The van der Waals surface area contributed by atoms with E-state index in [0.29, 0.717) is 5.70 Å². The zero-order chi connectivity index (χ0) is 17.2. The number of likely N-dealkylation sites (tertiary alicyclic amines) is 1. The Morgan fingerprint density at radius 3 is 2.62 bits per heavy atom. The van der Waals surface area contributed by atoms with Gasteiger partial charge in [0.15, 0.2) is 5.78 Å². The van der Waals surface area contributed by atoms with Crippen molar-refractivity contribution in [2.75, 3.05) is 32.8 Å². The Bertz CT molecular complexity index is 578. The van der Waals surface area contributed by atoms with Crippen molar-refractivity contribution < 1.29 is 14.3 Å². The first-order chi connectivity index (χ1) is 11.5. The third kappa shape index (κ3) is 3.53. The Hall–Kier alpha value is -1.69. The molecule has 2 heterocycles. The van der Waals surface area contributed by atoms with Gasteiger partial charge in [-0.15, -0.1) is 0 Å². The van der Waals surface area contributed by atoms with E-state index in [4.69, 9.17) is 10.5 Å². The molecule has 0 aromatic rings. The minimum Gasteiger partial charge on any atom is -0.394 e. The average Bonchev–Trinajstić information content (AvgIpc) is 3.22. The fourth-order valence-electron chi connectivity index (χ4n) is 3.93. The summed E-state index contributed by atoms with van der Waals surface area (Å²) in [5.41, 5.74) is 8.49. The van der Waals surface area contributed by atoms with Crippen LogP contribution in [0.4, 0.5) is 0 Å². The predicted molar refractivity (Wildman–Crippen MR) is 91.7 cm³/mol. The van der Waals surface area contributed by atoms with Crippen LogP contribution in [-0.2, 0) is 14.3 Å². The molecular weight excluding hydrogens is 306 g/mol. The number of ketones is 1. The highest BCUT2D eigenvalue weighted by atomic mass is 16.5. The number of rotatable bonds is 3. The van der Waals surface area contributed by atoms with E-state index in [2.05, 4.69) is 4.99 Å². The smallest absolute Gasteiger partial charge is 0.270 e. The van der Waals surface area contributed by atoms with Crippen LogP contribution in [0.15, 0.2) is 16.3 Å². The minimum absolute atomic E-state index is 0.0266. The lowest BCUT2D eigenvalue weighted by Gasteiger charge is -2.38. The summed E-state index contributed by atoms with van der Waals surface area (Å²) in [7, 11) is 0. The first kappa shape index (κ1) is 17.1. The summed E-state index contributed by atoms with van der Waals surface area (Å²) < 4.78 is 5.54. The average molecular weight is 333 g/mol. The van der Waals surface area contributed by atoms with Gasteiger partial charge >= 0.3 is 0 Å². The van der Waals surface area contributed by atoms with E-state index >= 15 is 0 Å². The molecule has 1 saturated carbocycles. The van der Waals surface area contributed by atoms with Gasteiger partial charge in [0.05, 0.1) is 13.2 Å². The van der Waals surface area contributed by atoms with E-state index in [9.17, 15) is 9.59 Å². The highest BCUT2D eigenvalue weighted by Gasteiger charge is 2.39. The molecule has 0 atom stereocenters. The lowest BCUT2D eigenvalue weighted by molar-refractivity contribution is -0.129. The number of carbonyl (C=O) groups excluding carboxylic acids is 2. The van der Waals surface area contributed by atoms with Crippen molar-refractivity contribution in [1.29, 1.82) is 0 Å². The highest BCUT2D eigenvalue weighted by molar-refractivity contribution is 6.09. The Kier molecular flexibility index (Phi) is 5.04. The summed E-state index contributed by atoms with van der Waals surface area (Å²) in [6, 6.07) is 0. The van der Waals surface area contributed by atoms with Gasteiger partial charge in [-0.2, -0.15) is 0 Å². The minimum atomic E-state index is -0.0730. The number of allylic oxidation sites excluding steroid dienone is 1. The Morgan fingerprint density at radius 1 is 1.25 bits per heavy atom. The molecule has 0 aromatic heterocycles. The van der Waals surface area contributed by atoms with Crippen molar-refractivity contribution in [3.63, 3.8) is 0 Å². The number of carbonyl (C=O) groups is 2. The van der Waals surface area contributed by atoms with Crippen molar-refractivity contribution in [1.82, 2.24) is 4.90 Å². The standard InChI is InChI=1S/C18H27N3O3/c1-13(22)11-20-15-4-2-3-14(15)16(19)17(23)21-8-5-18(6-9-21)7-10-24-12-18/h2-12,19H2,1H3/b16-14-,20-15?. The molecule has 1 spiro atoms. The topological polar surface area (TPSA) is 85.0 Å². The number of piperidine rings is 1. The van der Waals surface area contributed by atoms with E-state index in [1.807, 2.05) is 4.90 Å². The molecule has 0 bridgehead atoms. The summed E-state index contributed by atoms with van der Waals surface area (Å²) in [6.07, 6.45) is 5.62. The fourth-order valence-corrected chi connectivity index (χ4v) is 3.93. The number of hydrogen-bond acceptors (Lipinski definition) is 5. The molecular formula is C18H27N3O3. The second-order valence-electron chi connectivity index (χ2n) is 7.31. The predicted octanol–water partition coefficient (Wildman–Crippen LogP) is 1.44. The molecule has 3 rings (SSSR count). The van der Waals surface area contributed by atoms with Crippen molar-refractivity contribution in [3.8, 4) is 0 Å². The largest absolute Gasteiger partial charge is 0.394 e. The van der Waals surface area contributed by atoms with Crippen LogP contribution >= 0.6 is 0 Å². The summed E-state index contributed by atoms with van der Waals surface area (Å²) in [6.45, 7) is 4.86. The fraction of sp³-hybridized carbons (Fsp3) is 0.722. The van der Waals surface area contributed by atoms with Crippen molar-refractivity contribution >= 4 is 17.4 Å². The maximum Gasteiger partial charge on any atom is 0.270 e. The van der Waals surface area contributed by atoms with Gasteiger partial charge in [0.1, 0.15) is 5.70 Å². The number of amides is 1. The summed E-state index contributed by atoms with van der Waals surface area (Å²) in [5.74, 6) is -0.0463. The van der Waals surface area contributed by atoms with Crippen LogP contribution in [0.3, 0.4) is 0 Å². The third-order valence-electron chi connectivity index (χ3n) is 5.53. The second-order valence-corrected chi connectivity index (χ2v) is 7.31. The van der Waals surface area contributed by atoms with Gasteiger partial charge in [0, 0.05) is 31.0 Å². The Morgan fingerprint density at radius 2 is 2.00 bits per heavy atom. The monoisotopic (exact) mass is 333 g/mol. The Labute approximate surface area is 143 Å². The molecule has 1 aliphatic carbocycles. The SMILES string of the molecule is CC(=O)CN=C1CCC/C1=C(/N)C(=O)N1CCC2(CCOC2)CC1. The normalized spacial score (nSPS) is 27.0. The van der Waals surface area contributed by atoms with Crippen LogP contribution in [0, 0.1) is 5.41 Å². The molecule has 2 N–H and O–H groups in total. The first-order valence-electron chi connectivity index (χ1n) is 8.90. The van der Waals surface area contributed by atoms with Gasteiger partial charge < -0.3 is 15.4 Å². The molecule has 2 aliphatic heterocycles. The summed E-state index contributed by atoms with van der Waals surface area (Å²) in [5, 5.41) is 0.